The lowest BCUT2D eigenvalue weighted by atomic mass is 9.99. The summed E-state index contributed by atoms with van der Waals surface area (Å²) in [6.45, 7) is 14.3. The molecular formula is C27H46N6O3. The van der Waals surface area contributed by atoms with Crippen molar-refractivity contribution in [3.05, 3.63) is 35.0 Å². The van der Waals surface area contributed by atoms with E-state index in [0.717, 1.165) is 81.6 Å². The predicted molar refractivity (Wildman–Crippen MR) is 140 cm³/mol. The molecular weight excluding hydrogens is 456 g/mol. The van der Waals surface area contributed by atoms with Crippen molar-refractivity contribution in [3.63, 3.8) is 0 Å². The average molecular weight is 503 g/mol. The number of unbranched alkanes of at least 4 members (excludes halogenated alkanes) is 2. The first kappa shape index (κ1) is 27.3. The molecule has 0 bridgehead atoms. The highest BCUT2D eigenvalue weighted by atomic mass is 16.5. The van der Waals surface area contributed by atoms with Gasteiger partial charge in [-0.05, 0) is 53.8 Å². The van der Waals surface area contributed by atoms with Gasteiger partial charge in [0.2, 0.25) is 0 Å². The fourth-order valence-corrected chi connectivity index (χ4v) is 5.56. The van der Waals surface area contributed by atoms with Crippen LogP contribution in [-0.2, 0) is 17.6 Å². The molecule has 0 aliphatic carbocycles. The van der Waals surface area contributed by atoms with Gasteiger partial charge in [0.1, 0.15) is 11.5 Å². The van der Waals surface area contributed by atoms with Gasteiger partial charge in [0, 0.05) is 76.5 Å². The maximum atomic E-state index is 6.00. The Bertz CT molecular complexity index is 902. The summed E-state index contributed by atoms with van der Waals surface area (Å²) in [6, 6.07) is 5.13. The van der Waals surface area contributed by atoms with E-state index in [1.807, 2.05) is 19.9 Å². The van der Waals surface area contributed by atoms with Gasteiger partial charge in [0.15, 0.2) is 0 Å². The van der Waals surface area contributed by atoms with Crippen LogP contribution in [0, 0.1) is 13.8 Å². The molecule has 0 N–H and O–H groups in total. The summed E-state index contributed by atoms with van der Waals surface area (Å²) in [5, 5.41) is 8.18. The molecule has 2 aliphatic rings. The number of hydrogen-bond donors (Lipinski definition) is 0. The van der Waals surface area contributed by atoms with Crippen molar-refractivity contribution in [3.8, 4) is 0 Å². The summed E-state index contributed by atoms with van der Waals surface area (Å²) in [4.78, 5) is 10.4. The second-order valence-corrected chi connectivity index (χ2v) is 10.7. The van der Waals surface area contributed by atoms with Crippen LogP contribution >= 0.6 is 0 Å². The minimum Gasteiger partial charge on any atom is -0.380 e. The molecule has 0 saturated carbocycles. The lowest BCUT2D eigenvalue weighted by Gasteiger charge is -2.50. The van der Waals surface area contributed by atoms with Crippen molar-refractivity contribution in [1.82, 2.24) is 29.9 Å². The molecule has 2 aromatic rings. The smallest absolute Gasteiger partial charge is 0.133 e. The molecule has 4 rings (SSSR count). The molecule has 2 atom stereocenters. The standard InChI is InChI=1S/C27H46N6O3/c1-22-18-24(28-35-22)8-6-5-7-10-32-13-12-31(4)26(21-32)27-20-30(3)11-14-33(27)15-17-34-16-9-25-19-23(2)36-29-25/h18-19,26-27H,5-17,20-21H2,1-4H3. The second-order valence-electron chi connectivity index (χ2n) is 10.7. The lowest BCUT2D eigenvalue weighted by Crippen LogP contribution is -2.65. The van der Waals surface area contributed by atoms with Crippen molar-refractivity contribution >= 4 is 0 Å². The van der Waals surface area contributed by atoms with Crippen molar-refractivity contribution < 1.29 is 13.8 Å². The zero-order valence-corrected chi connectivity index (χ0v) is 22.8. The Morgan fingerprint density at radius 2 is 1.56 bits per heavy atom. The van der Waals surface area contributed by atoms with E-state index in [1.54, 1.807) is 0 Å². The number of ether oxygens (including phenoxy) is 1. The van der Waals surface area contributed by atoms with Crippen molar-refractivity contribution in [2.24, 2.45) is 0 Å². The quantitative estimate of drug-likeness (QED) is 0.384. The molecule has 0 amide bonds. The Kier molecular flexibility index (Phi) is 10.4. The monoisotopic (exact) mass is 502 g/mol. The van der Waals surface area contributed by atoms with Crippen LogP contribution in [-0.4, -0.2) is 122 Å². The average Bonchev–Trinajstić information content (AvgIpc) is 3.47. The van der Waals surface area contributed by atoms with Gasteiger partial charge in [-0.1, -0.05) is 16.7 Å². The molecule has 2 aromatic heterocycles. The molecule has 202 valence electrons. The number of rotatable bonds is 13. The summed E-state index contributed by atoms with van der Waals surface area (Å²) >= 11 is 0. The van der Waals surface area contributed by atoms with Crippen LogP contribution in [0.3, 0.4) is 0 Å². The largest absolute Gasteiger partial charge is 0.380 e. The molecule has 0 aromatic carbocycles. The van der Waals surface area contributed by atoms with Gasteiger partial charge in [-0.3, -0.25) is 9.80 Å². The van der Waals surface area contributed by atoms with Gasteiger partial charge in [-0.15, -0.1) is 0 Å². The van der Waals surface area contributed by atoms with Crippen LogP contribution in [0.1, 0.15) is 42.2 Å². The highest BCUT2D eigenvalue weighted by Crippen LogP contribution is 2.20. The Hall–Kier alpha value is -1.78. The number of likely N-dealkylation sites (N-methyl/N-ethyl adjacent to an activating group) is 2. The van der Waals surface area contributed by atoms with Crippen molar-refractivity contribution in [2.45, 2.75) is 58.0 Å². The molecule has 2 fully saturated rings. The first-order valence-electron chi connectivity index (χ1n) is 13.8. The third kappa shape index (κ3) is 8.11. The van der Waals surface area contributed by atoms with Crippen molar-refractivity contribution in [1.29, 1.82) is 0 Å². The van der Waals surface area contributed by atoms with Gasteiger partial charge >= 0.3 is 0 Å². The first-order chi connectivity index (χ1) is 17.5. The molecule has 2 unspecified atom stereocenters. The van der Waals surface area contributed by atoms with E-state index in [9.17, 15) is 0 Å². The van der Waals surface area contributed by atoms with Crippen LogP contribution in [0.2, 0.25) is 0 Å². The zero-order valence-electron chi connectivity index (χ0n) is 22.8. The Balaban J connectivity index is 1.19. The summed E-state index contributed by atoms with van der Waals surface area (Å²) < 4.78 is 16.3. The number of aromatic nitrogens is 2. The second kappa shape index (κ2) is 13.7. The summed E-state index contributed by atoms with van der Waals surface area (Å²) in [7, 11) is 4.57. The minimum absolute atomic E-state index is 0.536. The Morgan fingerprint density at radius 3 is 2.28 bits per heavy atom. The highest BCUT2D eigenvalue weighted by Gasteiger charge is 2.36. The van der Waals surface area contributed by atoms with Gasteiger partial charge in [0.05, 0.1) is 24.6 Å². The molecule has 0 spiro atoms. The van der Waals surface area contributed by atoms with E-state index in [2.05, 4.69) is 50.1 Å². The van der Waals surface area contributed by atoms with Gasteiger partial charge in [-0.25, -0.2) is 0 Å². The number of hydrogen-bond acceptors (Lipinski definition) is 9. The third-order valence-electron chi connectivity index (χ3n) is 7.75. The molecule has 4 heterocycles. The number of piperazine rings is 2. The van der Waals surface area contributed by atoms with E-state index < -0.39 is 0 Å². The SMILES string of the molecule is Cc1cc(CCCCCN2CCN(C)C(C3CN(C)CCN3CCOCCc3cc(C)on3)C2)no1. The first-order valence-corrected chi connectivity index (χ1v) is 13.8. The van der Waals surface area contributed by atoms with E-state index in [1.165, 1.54) is 32.4 Å². The zero-order chi connectivity index (χ0) is 25.3. The van der Waals surface area contributed by atoms with E-state index in [-0.39, 0.29) is 0 Å². The van der Waals surface area contributed by atoms with Gasteiger partial charge in [-0.2, -0.15) is 0 Å². The Morgan fingerprint density at radius 1 is 0.806 bits per heavy atom. The van der Waals surface area contributed by atoms with Gasteiger partial charge < -0.3 is 23.6 Å². The Labute approximate surface area is 216 Å². The maximum Gasteiger partial charge on any atom is 0.133 e. The molecule has 9 nitrogen and oxygen atoms in total. The van der Waals surface area contributed by atoms with Crippen LogP contribution < -0.4 is 0 Å². The van der Waals surface area contributed by atoms with Crippen LogP contribution in [0.15, 0.2) is 21.2 Å². The highest BCUT2D eigenvalue weighted by molar-refractivity contribution is 5.04. The predicted octanol–water partition coefficient (Wildman–Crippen LogP) is 2.48. The van der Waals surface area contributed by atoms with E-state index in [0.29, 0.717) is 18.7 Å². The van der Waals surface area contributed by atoms with Crippen LogP contribution in [0.25, 0.3) is 0 Å². The fraction of sp³-hybridized carbons (Fsp3) is 0.778. The fourth-order valence-electron chi connectivity index (χ4n) is 5.56. The molecule has 2 aliphatic heterocycles. The number of nitrogens with zero attached hydrogens (tertiary/aromatic N) is 6. The van der Waals surface area contributed by atoms with E-state index in [4.69, 9.17) is 13.8 Å². The van der Waals surface area contributed by atoms with Gasteiger partial charge in [0.25, 0.3) is 0 Å². The summed E-state index contributed by atoms with van der Waals surface area (Å²) in [6.07, 6.45) is 5.50. The van der Waals surface area contributed by atoms with Crippen molar-refractivity contribution in [2.75, 3.05) is 79.7 Å². The van der Waals surface area contributed by atoms with Crippen LogP contribution in [0.4, 0.5) is 0 Å². The molecule has 0 radical (unpaired) electrons. The maximum absolute atomic E-state index is 6.00. The normalized spacial score (nSPS) is 23.0. The minimum atomic E-state index is 0.536. The topological polar surface area (TPSA) is 74.2 Å². The third-order valence-corrected chi connectivity index (χ3v) is 7.75. The molecule has 9 heteroatoms. The lowest BCUT2D eigenvalue weighted by molar-refractivity contribution is -0.0175. The molecule has 2 saturated heterocycles. The molecule has 36 heavy (non-hydrogen) atoms. The number of aryl methyl sites for hydroxylation is 3. The summed E-state index contributed by atoms with van der Waals surface area (Å²) in [5.74, 6) is 1.77. The van der Waals surface area contributed by atoms with Crippen LogP contribution in [0.5, 0.6) is 0 Å². The van der Waals surface area contributed by atoms with E-state index >= 15 is 0 Å². The summed E-state index contributed by atoms with van der Waals surface area (Å²) in [5.41, 5.74) is 2.06.